The van der Waals surface area contributed by atoms with Gasteiger partial charge in [0.25, 0.3) is 0 Å². The van der Waals surface area contributed by atoms with Crippen LogP contribution in [0.15, 0.2) is 24.3 Å². The summed E-state index contributed by atoms with van der Waals surface area (Å²) in [5, 5.41) is 0. The van der Waals surface area contributed by atoms with Gasteiger partial charge in [-0.15, -0.1) is 11.6 Å². The normalized spacial score (nSPS) is 11.4. The van der Waals surface area contributed by atoms with Crippen molar-refractivity contribution in [1.29, 1.82) is 0 Å². The summed E-state index contributed by atoms with van der Waals surface area (Å²) in [6, 6.07) is 9.00. The van der Waals surface area contributed by atoms with Crippen molar-refractivity contribution < 1.29 is 0 Å². The Morgan fingerprint density at radius 2 is 1.71 bits per heavy atom. The summed E-state index contributed by atoms with van der Waals surface area (Å²) in [5.41, 5.74) is 2.82. The van der Waals surface area contributed by atoms with E-state index in [0.717, 1.165) is 31.3 Å². The smallest absolute Gasteiger partial charge is 0.0235 e. The zero-order valence-corrected chi connectivity index (χ0v) is 12.0. The van der Waals surface area contributed by atoms with E-state index in [1.807, 2.05) is 0 Å². The molecule has 0 N–H and O–H groups in total. The van der Waals surface area contributed by atoms with Crippen molar-refractivity contribution in [3.63, 3.8) is 0 Å². The van der Waals surface area contributed by atoms with Crippen molar-refractivity contribution in [1.82, 2.24) is 4.90 Å². The monoisotopic (exact) mass is 253 g/mol. The fourth-order valence-corrected chi connectivity index (χ4v) is 2.09. The molecule has 1 nitrogen and oxygen atoms in total. The van der Waals surface area contributed by atoms with Gasteiger partial charge in [0.1, 0.15) is 0 Å². The lowest BCUT2D eigenvalue weighted by Crippen LogP contribution is -2.19. The molecule has 96 valence electrons. The van der Waals surface area contributed by atoms with Crippen molar-refractivity contribution in [3.8, 4) is 0 Å². The lowest BCUT2D eigenvalue weighted by atomic mass is 10.0. The highest BCUT2D eigenvalue weighted by atomic mass is 35.5. The number of hydrogen-bond acceptors (Lipinski definition) is 1. The van der Waals surface area contributed by atoms with Crippen LogP contribution in [0.1, 0.15) is 31.4 Å². The Labute approximate surface area is 111 Å². The molecule has 0 aliphatic heterocycles. The van der Waals surface area contributed by atoms with E-state index >= 15 is 0 Å². The minimum absolute atomic E-state index is 0.729. The summed E-state index contributed by atoms with van der Waals surface area (Å²) in [6.07, 6.45) is 2.23. The van der Waals surface area contributed by atoms with Crippen molar-refractivity contribution in [3.05, 3.63) is 35.4 Å². The third-order valence-electron chi connectivity index (χ3n) is 2.79. The van der Waals surface area contributed by atoms with E-state index < -0.39 is 0 Å². The van der Waals surface area contributed by atoms with Crippen molar-refractivity contribution in [2.24, 2.45) is 5.92 Å². The molecule has 0 saturated heterocycles. The number of alkyl halides is 1. The average Bonchev–Trinajstić information content (AvgIpc) is 2.28. The summed E-state index contributed by atoms with van der Waals surface area (Å²) in [7, 11) is 2.15. The number of rotatable bonds is 7. The van der Waals surface area contributed by atoms with E-state index in [2.05, 4.69) is 50.1 Å². The molecule has 0 atom stereocenters. The fraction of sp³-hybridized carbons (Fsp3) is 0.600. The van der Waals surface area contributed by atoms with Gasteiger partial charge in [0.2, 0.25) is 0 Å². The Morgan fingerprint density at radius 3 is 2.24 bits per heavy atom. The minimum atomic E-state index is 0.729. The van der Waals surface area contributed by atoms with E-state index in [1.165, 1.54) is 17.5 Å². The Hall–Kier alpha value is -0.530. The van der Waals surface area contributed by atoms with Gasteiger partial charge >= 0.3 is 0 Å². The van der Waals surface area contributed by atoms with Gasteiger partial charge < -0.3 is 4.90 Å². The van der Waals surface area contributed by atoms with Gasteiger partial charge in [-0.25, -0.2) is 0 Å². The highest BCUT2D eigenvalue weighted by Gasteiger charge is 2.01. The first-order chi connectivity index (χ1) is 8.11. The quantitative estimate of drug-likeness (QED) is 0.666. The predicted octanol–water partition coefficient (Wildman–Crippen LogP) is 3.95. The summed E-state index contributed by atoms with van der Waals surface area (Å²) in [6.45, 7) is 6.60. The van der Waals surface area contributed by atoms with E-state index in [0.29, 0.717) is 0 Å². The fourth-order valence-electron chi connectivity index (χ4n) is 1.97. The highest BCUT2D eigenvalue weighted by Crippen LogP contribution is 2.11. The van der Waals surface area contributed by atoms with Crippen LogP contribution in [0.4, 0.5) is 0 Å². The first-order valence-corrected chi connectivity index (χ1v) is 6.97. The molecular formula is C15H24ClN. The molecule has 0 unspecified atom stereocenters. The Balaban J connectivity index is 2.44. The number of halogens is 1. The third-order valence-corrected chi connectivity index (χ3v) is 3.06. The maximum atomic E-state index is 5.69. The summed E-state index contributed by atoms with van der Waals surface area (Å²) >= 11 is 5.69. The predicted molar refractivity (Wildman–Crippen MR) is 76.7 cm³/mol. The molecule has 0 aliphatic carbocycles. The third kappa shape index (κ3) is 6.09. The van der Waals surface area contributed by atoms with Gasteiger partial charge in [-0.3, -0.25) is 0 Å². The van der Waals surface area contributed by atoms with Gasteiger partial charge in [0, 0.05) is 12.4 Å². The summed E-state index contributed by atoms with van der Waals surface area (Å²) < 4.78 is 0. The second kappa shape index (κ2) is 7.73. The zero-order chi connectivity index (χ0) is 12.7. The Morgan fingerprint density at radius 1 is 1.12 bits per heavy atom. The van der Waals surface area contributed by atoms with Crippen LogP contribution in [-0.4, -0.2) is 24.4 Å². The SMILES string of the molecule is CC(C)Cc1ccc(CN(C)CCCCl)cc1. The largest absolute Gasteiger partial charge is 0.302 e. The topological polar surface area (TPSA) is 3.24 Å². The van der Waals surface area contributed by atoms with E-state index in [-0.39, 0.29) is 0 Å². The Kier molecular flexibility index (Phi) is 6.61. The van der Waals surface area contributed by atoms with Crippen molar-refractivity contribution in [2.45, 2.75) is 33.2 Å². The second-order valence-electron chi connectivity index (χ2n) is 5.19. The first kappa shape index (κ1) is 14.5. The molecule has 17 heavy (non-hydrogen) atoms. The molecule has 1 aromatic carbocycles. The van der Waals surface area contributed by atoms with E-state index in [4.69, 9.17) is 11.6 Å². The second-order valence-corrected chi connectivity index (χ2v) is 5.57. The van der Waals surface area contributed by atoms with Gasteiger partial charge in [-0.05, 0) is 43.5 Å². The molecule has 1 aromatic rings. The van der Waals surface area contributed by atoms with E-state index in [9.17, 15) is 0 Å². The van der Waals surface area contributed by atoms with Crippen LogP contribution in [0.2, 0.25) is 0 Å². The lowest BCUT2D eigenvalue weighted by molar-refractivity contribution is 0.328. The lowest BCUT2D eigenvalue weighted by Gasteiger charge is -2.16. The van der Waals surface area contributed by atoms with Crippen LogP contribution in [-0.2, 0) is 13.0 Å². The number of benzene rings is 1. The van der Waals surface area contributed by atoms with Gasteiger partial charge in [-0.2, -0.15) is 0 Å². The maximum absolute atomic E-state index is 5.69. The molecule has 0 spiro atoms. The molecule has 0 saturated carbocycles. The first-order valence-electron chi connectivity index (χ1n) is 6.44. The molecule has 0 aliphatic rings. The molecule has 2 heteroatoms. The van der Waals surface area contributed by atoms with Gasteiger partial charge in [0.05, 0.1) is 0 Å². The zero-order valence-electron chi connectivity index (χ0n) is 11.2. The van der Waals surface area contributed by atoms with Crippen LogP contribution in [0.3, 0.4) is 0 Å². The van der Waals surface area contributed by atoms with Gasteiger partial charge in [0.15, 0.2) is 0 Å². The van der Waals surface area contributed by atoms with Crippen LogP contribution in [0, 0.1) is 5.92 Å². The molecular weight excluding hydrogens is 230 g/mol. The molecule has 0 amide bonds. The number of nitrogens with zero attached hydrogens (tertiary/aromatic N) is 1. The molecule has 0 heterocycles. The highest BCUT2D eigenvalue weighted by molar-refractivity contribution is 6.17. The van der Waals surface area contributed by atoms with Crippen molar-refractivity contribution in [2.75, 3.05) is 19.5 Å². The Bertz CT molecular complexity index is 305. The summed E-state index contributed by atoms with van der Waals surface area (Å²) in [5.74, 6) is 1.48. The van der Waals surface area contributed by atoms with Gasteiger partial charge in [-0.1, -0.05) is 38.1 Å². The van der Waals surface area contributed by atoms with Crippen LogP contribution in [0.25, 0.3) is 0 Å². The van der Waals surface area contributed by atoms with Crippen LogP contribution < -0.4 is 0 Å². The molecule has 0 bridgehead atoms. The molecule has 0 radical (unpaired) electrons. The minimum Gasteiger partial charge on any atom is -0.302 e. The number of hydrogen-bond donors (Lipinski definition) is 0. The molecule has 0 fully saturated rings. The maximum Gasteiger partial charge on any atom is 0.0235 e. The van der Waals surface area contributed by atoms with Crippen LogP contribution >= 0.6 is 11.6 Å². The standard InChI is InChI=1S/C15H24ClN/c1-13(2)11-14-5-7-15(8-6-14)12-17(3)10-4-9-16/h5-8,13H,4,9-12H2,1-3H3. The van der Waals surface area contributed by atoms with Crippen LogP contribution in [0.5, 0.6) is 0 Å². The molecule has 1 rings (SSSR count). The summed E-state index contributed by atoms with van der Waals surface area (Å²) in [4.78, 5) is 2.32. The molecule has 0 aromatic heterocycles. The van der Waals surface area contributed by atoms with E-state index in [1.54, 1.807) is 0 Å². The van der Waals surface area contributed by atoms with Crippen molar-refractivity contribution >= 4 is 11.6 Å². The average molecular weight is 254 g/mol.